The van der Waals surface area contributed by atoms with Crippen molar-refractivity contribution >= 4 is 28.3 Å². The van der Waals surface area contributed by atoms with Gasteiger partial charge < -0.3 is 10.2 Å². The summed E-state index contributed by atoms with van der Waals surface area (Å²) >= 11 is 1.42. The largest absolute Gasteiger partial charge is 0.348 e. The van der Waals surface area contributed by atoms with E-state index in [-0.39, 0.29) is 23.0 Å². The molecule has 2 fully saturated rings. The number of carbonyl (C=O) groups excluding carboxylic acids is 1. The van der Waals surface area contributed by atoms with Gasteiger partial charge in [0.1, 0.15) is 11.5 Å². The van der Waals surface area contributed by atoms with Crippen LogP contribution in [0.15, 0.2) is 75.8 Å². The Balaban J connectivity index is 1.11. The van der Waals surface area contributed by atoms with E-state index in [1.54, 1.807) is 5.38 Å². The second-order valence-electron chi connectivity index (χ2n) is 14.0. The van der Waals surface area contributed by atoms with Crippen molar-refractivity contribution in [3.63, 3.8) is 0 Å². The second kappa shape index (κ2) is 15.6. The Morgan fingerprint density at radius 2 is 1.69 bits per heavy atom. The topological polar surface area (TPSA) is 105 Å². The number of amides is 1. The van der Waals surface area contributed by atoms with E-state index < -0.39 is 23.1 Å². The lowest BCUT2D eigenvalue weighted by Gasteiger charge is -2.37. The molecule has 0 unspecified atom stereocenters. The van der Waals surface area contributed by atoms with Crippen molar-refractivity contribution in [2.45, 2.75) is 84.0 Å². The Labute approximate surface area is 307 Å². The first kappa shape index (κ1) is 35.9. The molecule has 1 aliphatic carbocycles. The number of aryl methyl sites for hydroxylation is 1. The van der Waals surface area contributed by atoms with E-state index in [4.69, 9.17) is 0 Å². The molecule has 0 radical (unpaired) electrons. The normalized spacial score (nSPS) is 18.6. The number of rotatable bonds is 10. The van der Waals surface area contributed by atoms with Crippen LogP contribution in [0.4, 0.5) is 4.39 Å². The summed E-state index contributed by atoms with van der Waals surface area (Å²) in [5.74, 6) is -0.868. The highest BCUT2D eigenvalue weighted by Crippen LogP contribution is 2.29. The SMILES string of the molecule is CCN(CC)C1CCN(Cc2ccc(-c3cccc(-n4c(=O)n([C@H]5CC[C@@H](NC(=O)c6csc(C)n6)CC5)c(=O)c5cc(F)cnc54)c3)cc2)CC1. The quantitative estimate of drug-likeness (QED) is 0.179. The number of nitrogens with one attached hydrogen (secondary N) is 1. The van der Waals surface area contributed by atoms with Gasteiger partial charge in [0, 0.05) is 30.1 Å². The molecule has 5 aromatic rings. The molecular weight excluding hydrogens is 678 g/mol. The lowest BCUT2D eigenvalue weighted by atomic mass is 9.90. The summed E-state index contributed by atoms with van der Waals surface area (Å²) < 4.78 is 17.2. The number of nitrogens with zero attached hydrogens (tertiary/aromatic N) is 6. The highest BCUT2D eigenvalue weighted by atomic mass is 32.1. The van der Waals surface area contributed by atoms with Crippen LogP contribution in [0.1, 0.15) is 79.5 Å². The Morgan fingerprint density at radius 3 is 2.37 bits per heavy atom. The van der Waals surface area contributed by atoms with Gasteiger partial charge in [0.2, 0.25) is 0 Å². The third-order valence-electron chi connectivity index (χ3n) is 10.8. The maximum atomic E-state index is 14.5. The molecule has 1 aliphatic heterocycles. The average Bonchev–Trinajstić information content (AvgIpc) is 3.61. The van der Waals surface area contributed by atoms with Crippen molar-refractivity contribution in [3.05, 3.63) is 109 Å². The molecule has 0 bridgehead atoms. The summed E-state index contributed by atoms with van der Waals surface area (Å²) in [4.78, 5) is 54.5. The number of piperidine rings is 1. The maximum Gasteiger partial charge on any atom is 0.337 e. The first-order chi connectivity index (χ1) is 25.2. The summed E-state index contributed by atoms with van der Waals surface area (Å²) in [5, 5.41) is 5.66. The van der Waals surface area contributed by atoms with Crippen LogP contribution in [0.5, 0.6) is 0 Å². The van der Waals surface area contributed by atoms with E-state index in [1.807, 2.05) is 31.2 Å². The monoisotopic (exact) mass is 723 g/mol. The van der Waals surface area contributed by atoms with Crippen LogP contribution in [0, 0.1) is 12.7 Å². The molecular formula is C40H46FN7O3S. The average molecular weight is 724 g/mol. The van der Waals surface area contributed by atoms with Crippen molar-refractivity contribution in [3.8, 4) is 16.8 Å². The van der Waals surface area contributed by atoms with Crippen LogP contribution in [0.25, 0.3) is 27.8 Å². The number of benzene rings is 2. The van der Waals surface area contributed by atoms with Crippen LogP contribution in [0.2, 0.25) is 0 Å². The fraction of sp³-hybridized carbons (Fsp3) is 0.425. The van der Waals surface area contributed by atoms with Gasteiger partial charge in [-0.25, -0.2) is 23.7 Å². The third-order valence-corrected chi connectivity index (χ3v) is 11.6. The van der Waals surface area contributed by atoms with Gasteiger partial charge in [0.15, 0.2) is 5.65 Å². The maximum absolute atomic E-state index is 14.5. The number of thiazole rings is 1. The molecule has 1 N–H and O–H groups in total. The van der Waals surface area contributed by atoms with Crippen molar-refractivity contribution in [1.82, 2.24) is 34.2 Å². The molecule has 2 aromatic carbocycles. The predicted molar refractivity (Wildman–Crippen MR) is 204 cm³/mol. The van der Waals surface area contributed by atoms with Gasteiger partial charge in [0.25, 0.3) is 11.5 Å². The molecule has 3 aromatic heterocycles. The van der Waals surface area contributed by atoms with Crippen molar-refractivity contribution in [1.29, 1.82) is 0 Å². The number of fused-ring (bicyclic) bond motifs is 1. The number of aromatic nitrogens is 4. The second-order valence-corrected chi connectivity index (χ2v) is 15.1. The van der Waals surface area contributed by atoms with Crippen LogP contribution >= 0.6 is 11.3 Å². The van der Waals surface area contributed by atoms with Crippen molar-refractivity contribution in [2.75, 3.05) is 26.2 Å². The van der Waals surface area contributed by atoms with Gasteiger partial charge in [-0.15, -0.1) is 11.3 Å². The molecule has 1 saturated carbocycles. The van der Waals surface area contributed by atoms with Crippen LogP contribution in [0.3, 0.4) is 0 Å². The molecule has 12 heteroatoms. The lowest BCUT2D eigenvalue weighted by Crippen LogP contribution is -2.45. The standard InChI is InChI=1S/C40H46FN7O3S/c1-4-46(5-2)32-17-19-45(20-18-32)24-27-9-11-28(12-10-27)29-7-6-8-34(21-29)47-37-35(22-30(41)23-42-37)39(50)48(40(47)51)33-15-13-31(14-16-33)44-38(49)36-25-52-26(3)43-36/h6-12,21-23,25,31-33H,4-5,13-20,24H2,1-3H3,(H,44,49)/t31-,33+. The Hall–Kier alpha value is -4.52. The highest BCUT2D eigenvalue weighted by Gasteiger charge is 2.29. The van der Waals surface area contributed by atoms with Crippen LogP contribution in [-0.2, 0) is 6.54 Å². The van der Waals surface area contributed by atoms with Gasteiger partial charge in [0.05, 0.1) is 22.3 Å². The summed E-state index contributed by atoms with van der Waals surface area (Å²) in [6.45, 7) is 11.7. The number of hydrogen-bond acceptors (Lipinski definition) is 8. The van der Waals surface area contributed by atoms with Crippen LogP contribution in [-0.4, -0.2) is 73.1 Å². The molecule has 52 heavy (non-hydrogen) atoms. The minimum Gasteiger partial charge on any atom is -0.348 e. The molecule has 1 saturated heterocycles. The van der Waals surface area contributed by atoms with E-state index in [2.05, 4.69) is 63.2 Å². The number of likely N-dealkylation sites (tertiary alicyclic amines) is 1. The lowest BCUT2D eigenvalue weighted by molar-refractivity contribution is 0.0917. The fourth-order valence-electron chi connectivity index (χ4n) is 8.01. The summed E-state index contributed by atoms with van der Waals surface area (Å²) in [7, 11) is 0. The summed E-state index contributed by atoms with van der Waals surface area (Å²) in [5.41, 5.74) is 3.16. The Morgan fingerprint density at radius 1 is 0.962 bits per heavy atom. The van der Waals surface area contributed by atoms with E-state index >= 15 is 0 Å². The minimum atomic E-state index is -0.646. The number of pyridine rings is 1. The summed E-state index contributed by atoms with van der Waals surface area (Å²) in [6, 6.07) is 17.5. The molecule has 10 nitrogen and oxygen atoms in total. The van der Waals surface area contributed by atoms with E-state index in [0.717, 1.165) is 61.1 Å². The van der Waals surface area contributed by atoms with Crippen molar-refractivity contribution in [2.24, 2.45) is 0 Å². The highest BCUT2D eigenvalue weighted by molar-refractivity contribution is 7.09. The predicted octanol–water partition coefficient (Wildman–Crippen LogP) is 6.34. The number of halogens is 1. The van der Waals surface area contributed by atoms with E-state index in [9.17, 15) is 18.8 Å². The summed E-state index contributed by atoms with van der Waals surface area (Å²) in [6.07, 6.45) is 5.62. The molecule has 272 valence electrons. The van der Waals surface area contributed by atoms with Gasteiger partial charge in [-0.3, -0.25) is 19.1 Å². The molecule has 2 aliphatic rings. The van der Waals surface area contributed by atoms with Gasteiger partial charge in [-0.2, -0.15) is 0 Å². The minimum absolute atomic E-state index is 0.0461. The third kappa shape index (κ3) is 7.51. The van der Waals surface area contributed by atoms with Gasteiger partial charge in [-0.05, 0) is 107 Å². The van der Waals surface area contributed by atoms with Crippen molar-refractivity contribution < 1.29 is 9.18 Å². The zero-order valence-corrected chi connectivity index (χ0v) is 30.9. The first-order valence-electron chi connectivity index (χ1n) is 18.4. The number of carbonyl (C=O) groups is 1. The zero-order valence-electron chi connectivity index (χ0n) is 30.1. The molecule has 1 amide bonds. The zero-order chi connectivity index (χ0) is 36.4. The fourth-order valence-corrected chi connectivity index (χ4v) is 8.60. The van der Waals surface area contributed by atoms with Gasteiger partial charge in [-0.1, -0.05) is 50.2 Å². The van der Waals surface area contributed by atoms with Gasteiger partial charge >= 0.3 is 5.69 Å². The number of hydrogen-bond donors (Lipinski definition) is 1. The molecule has 7 rings (SSSR count). The Kier molecular flexibility index (Phi) is 10.8. The Bertz CT molecular complexity index is 2160. The van der Waals surface area contributed by atoms with E-state index in [0.29, 0.717) is 43.1 Å². The van der Waals surface area contributed by atoms with E-state index in [1.165, 1.54) is 38.9 Å². The van der Waals surface area contributed by atoms with Crippen LogP contribution < -0.4 is 16.6 Å². The smallest absolute Gasteiger partial charge is 0.337 e. The molecule has 0 atom stereocenters. The molecule has 0 spiro atoms. The first-order valence-corrected chi connectivity index (χ1v) is 19.3. The molecule has 4 heterocycles.